The number of ether oxygens (including phenoxy) is 3. The van der Waals surface area contributed by atoms with E-state index in [1.165, 1.54) is 16.9 Å². The zero-order chi connectivity index (χ0) is 31.3. The zero-order valence-electron chi connectivity index (χ0n) is 24.9. The van der Waals surface area contributed by atoms with E-state index in [0.717, 1.165) is 0 Å². The molecule has 0 saturated carbocycles. The number of piperidine rings is 1. The highest BCUT2D eigenvalue weighted by Gasteiger charge is 2.35. The standard InChI is InChI=1S/C30H34FN7O5/c1-30(2,3)43-29(40)38-14-12-24(21(31)17-38)42-23-9-7-18(15-19(23)16-32)22-11-13-33-28(34-22)36-25-10-8-20(26(35-25)41-6)27(39)37(4)5/h7-11,13,15,21,24H,12,14,17H2,1-6H3,(H,33,34,35,36)/t21-,24+/m1/s1. The van der Waals surface area contributed by atoms with Crippen molar-refractivity contribution < 1.29 is 28.2 Å². The van der Waals surface area contributed by atoms with Crippen molar-refractivity contribution in [3.05, 3.63) is 53.7 Å². The van der Waals surface area contributed by atoms with Crippen LogP contribution in [-0.2, 0) is 4.74 Å². The normalized spacial score (nSPS) is 16.6. The molecule has 3 aromatic rings. The number of carbonyl (C=O) groups excluding carboxylic acids is 2. The lowest BCUT2D eigenvalue weighted by Gasteiger charge is -2.35. The van der Waals surface area contributed by atoms with E-state index in [1.807, 2.05) is 0 Å². The molecule has 0 aliphatic carbocycles. The van der Waals surface area contributed by atoms with Crippen molar-refractivity contribution in [3.63, 3.8) is 0 Å². The monoisotopic (exact) mass is 591 g/mol. The summed E-state index contributed by atoms with van der Waals surface area (Å²) in [7, 11) is 4.70. The highest BCUT2D eigenvalue weighted by atomic mass is 19.1. The van der Waals surface area contributed by atoms with Crippen molar-refractivity contribution in [2.45, 2.75) is 45.1 Å². The van der Waals surface area contributed by atoms with Gasteiger partial charge in [-0.05, 0) is 57.2 Å². The van der Waals surface area contributed by atoms with Gasteiger partial charge in [-0.3, -0.25) is 4.79 Å². The van der Waals surface area contributed by atoms with Crippen LogP contribution >= 0.6 is 0 Å². The summed E-state index contributed by atoms with van der Waals surface area (Å²) in [5, 5.41) is 12.8. The maximum Gasteiger partial charge on any atom is 0.410 e. The molecule has 43 heavy (non-hydrogen) atoms. The predicted molar refractivity (Wildman–Crippen MR) is 156 cm³/mol. The Hall–Kier alpha value is -4.99. The predicted octanol–water partition coefficient (Wildman–Crippen LogP) is 4.59. The summed E-state index contributed by atoms with van der Waals surface area (Å²) >= 11 is 0. The molecule has 2 aromatic heterocycles. The minimum absolute atomic E-state index is 0.153. The van der Waals surface area contributed by atoms with Crippen LogP contribution in [0.2, 0.25) is 0 Å². The Bertz CT molecular complexity index is 1540. The summed E-state index contributed by atoms with van der Waals surface area (Å²) in [6.07, 6.45) is -1.05. The molecule has 1 aliphatic rings. The van der Waals surface area contributed by atoms with Crippen molar-refractivity contribution in [1.29, 1.82) is 5.26 Å². The van der Waals surface area contributed by atoms with Crippen LogP contribution in [-0.4, -0.2) is 88.9 Å². The second-order valence-corrected chi connectivity index (χ2v) is 11.1. The molecule has 0 spiro atoms. The first-order chi connectivity index (χ1) is 20.4. The van der Waals surface area contributed by atoms with E-state index in [0.29, 0.717) is 22.6 Å². The van der Waals surface area contributed by atoms with E-state index >= 15 is 4.39 Å². The molecule has 1 fully saturated rings. The Morgan fingerprint density at radius 2 is 1.93 bits per heavy atom. The van der Waals surface area contributed by atoms with Crippen LogP contribution in [0.3, 0.4) is 0 Å². The summed E-state index contributed by atoms with van der Waals surface area (Å²) in [5.41, 5.74) is 0.972. The number of amides is 2. The third-order valence-corrected chi connectivity index (χ3v) is 6.39. The lowest BCUT2D eigenvalue weighted by atomic mass is 10.0. The number of aromatic nitrogens is 3. The van der Waals surface area contributed by atoms with Gasteiger partial charge in [0.05, 0.1) is 24.9 Å². The van der Waals surface area contributed by atoms with E-state index in [1.54, 1.807) is 77.5 Å². The average Bonchev–Trinajstić information content (AvgIpc) is 2.97. The van der Waals surface area contributed by atoms with Gasteiger partial charge in [0.15, 0.2) is 6.17 Å². The maximum atomic E-state index is 15.0. The number of nitrogens with one attached hydrogen (secondary N) is 1. The molecule has 4 rings (SSSR count). The molecule has 0 unspecified atom stereocenters. The van der Waals surface area contributed by atoms with Crippen molar-refractivity contribution in [2.24, 2.45) is 0 Å². The lowest BCUT2D eigenvalue weighted by molar-refractivity contribution is -0.0106. The van der Waals surface area contributed by atoms with Crippen LogP contribution in [0.25, 0.3) is 11.3 Å². The van der Waals surface area contributed by atoms with Crippen LogP contribution in [0.1, 0.15) is 43.1 Å². The van der Waals surface area contributed by atoms with E-state index in [4.69, 9.17) is 14.2 Å². The number of anilines is 2. The first-order valence-corrected chi connectivity index (χ1v) is 13.6. The topological polar surface area (TPSA) is 143 Å². The first kappa shape index (κ1) is 31.0. The van der Waals surface area contributed by atoms with Gasteiger partial charge in [-0.2, -0.15) is 10.2 Å². The van der Waals surface area contributed by atoms with Gasteiger partial charge >= 0.3 is 6.09 Å². The third-order valence-electron chi connectivity index (χ3n) is 6.39. The number of methoxy groups -OCH3 is 1. The van der Waals surface area contributed by atoms with Crippen molar-refractivity contribution in [2.75, 3.05) is 39.6 Å². The number of hydrogen-bond acceptors (Lipinski definition) is 10. The van der Waals surface area contributed by atoms with Crippen molar-refractivity contribution in [1.82, 2.24) is 24.8 Å². The molecule has 0 radical (unpaired) electrons. The molecule has 2 amide bonds. The minimum atomic E-state index is -1.45. The number of halogens is 1. The van der Waals surface area contributed by atoms with E-state index in [2.05, 4.69) is 26.3 Å². The minimum Gasteiger partial charge on any atom is -0.486 e. The number of carbonyl (C=O) groups is 2. The van der Waals surface area contributed by atoms with Gasteiger partial charge in [0.1, 0.15) is 34.9 Å². The number of rotatable bonds is 7. The summed E-state index contributed by atoms with van der Waals surface area (Å²) < 4.78 is 31.6. The fraction of sp³-hybridized carbons (Fsp3) is 0.400. The van der Waals surface area contributed by atoms with Gasteiger partial charge in [0.2, 0.25) is 11.8 Å². The van der Waals surface area contributed by atoms with Gasteiger partial charge in [0.25, 0.3) is 5.91 Å². The molecule has 1 aliphatic heterocycles. The molecule has 0 bridgehead atoms. The first-order valence-electron chi connectivity index (χ1n) is 13.6. The van der Waals surface area contributed by atoms with Gasteiger partial charge in [-0.1, -0.05) is 0 Å². The third kappa shape index (κ3) is 7.65. The number of hydrogen-bond donors (Lipinski definition) is 1. The van der Waals surface area contributed by atoms with Crippen LogP contribution in [0, 0.1) is 11.3 Å². The van der Waals surface area contributed by atoms with Gasteiger partial charge < -0.3 is 29.3 Å². The Morgan fingerprint density at radius 3 is 2.58 bits per heavy atom. The Balaban J connectivity index is 1.46. The molecule has 13 heteroatoms. The fourth-order valence-corrected chi connectivity index (χ4v) is 4.31. The molecule has 1 saturated heterocycles. The number of pyridine rings is 1. The van der Waals surface area contributed by atoms with Crippen LogP contribution in [0.5, 0.6) is 11.6 Å². The second-order valence-electron chi connectivity index (χ2n) is 11.1. The maximum absolute atomic E-state index is 15.0. The number of benzene rings is 1. The number of nitrogens with zero attached hydrogens (tertiary/aromatic N) is 6. The molecule has 3 heterocycles. The Kier molecular flexibility index (Phi) is 9.28. The van der Waals surface area contributed by atoms with E-state index in [9.17, 15) is 14.9 Å². The molecule has 1 N–H and O–H groups in total. The molecular weight excluding hydrogens is 557 g/mol. The smallest absolute Gasteiger partial charge is 0.410 e. The largest absolute Gasteiger partial charge is 0.486 e. The molecule has 1 aromatic carbocycles. The van der Waals surface area contributed by atoms with Gasteiger partial charge in [-0.15, -0.1) is 0 Å². The summed E-state index contributed by atoms with van der Waals surface area (Å²) in [6.45, 7) is 5.37. The van der Waals surface area contributed by atoms with Crippen molar-refractivity contribution >= 4 is 23.8 Å². The number of alkyl halides is 1. The highest BCUT2D eigenvalue weighted by molar-refractivity contribution is 5.96. The molecule has 2 atom stereocenters. The van der Waals surface area contributed by atoms with E-state index < -0.39 is 24.0 Å². The fourth-order valence-electron chi connectivity index (χ4n) is 4.31. The molecule has 226 valence electrons. The number of likely N-dealkylation sites (tertiary alicyclic amines) is 1. The van der Waals surface area contributed by atoms with Gasteiger partial charge in [0, 0.05) is 38.8 Å². The SMILES string of the molecule is COc1nc(Nc2nccc(-c3ccc(O[C@H]4CCN(C(=O)OC(C)(C)C)C[C@H]4F)c(C#N)c3)n2)ccc1C(=O)N(C)C. The Morgan fingerprint density at radius 1 is 1.16 bits per heavy atom. The quantitative estimate of drug-likeness (QED) is 0.414. The average molecular weight is 592 g/mol. The summed E-state index contributed by atoms with van der Waals surface area (Å²) in [4.78, 5) is 40.6. The molecule has 12 nitrogen and oxygen atoms in total. The van der Waals surface area contributed by atoms with Crippen LogP contribution in [0.15, 0.2) is 42.6 Å². The summed E-state index contributed by atoms with van der Waals surface area (Å²) in [6, 6.07) is 11.9. The second kappa shape index (κ2) is 12.9. The Labute approximate surface area is 249 Å². The van der Waals surface area contributed by atoms with Crippen LogP contribution in [0.4, 0.5) is 21.0 Å². The highest BCUT2D eigenvalue weighted by Crippen LogP contribution is 2.30. The summed E-state index contributed by atoms with van der Waals surface area (Å²) in [5.74, 6) is 0.739. The van der Waals surface area contributed by atoms with Crippen molar-refractivity contribution in [3.8, 4) is 29.0 Å². The lowest BCUT2D eigenvalue weighted by Crippen LogP contribution is -2.50. The van der Waals surface area contributed by atoms with Crippen LogP contribution < -0.4 is 14.8 Å². The van der Waals surface area contributed by atoms with E-state index in [-0.39, 0.29) is 48.6 Å². The zero-order valence-corrected chi connectivity index (χ0v) is 24.9. The number of nitriles is 1. The molecular formula is C30H34FN7O5. The van der Waals surface area contributed by atoms with Gasteiger partial charge in [-0.25, -0.2) is 19.2 Å².